The molecule has 0 fully saturated rings. The number of hydrogen-bond donors (Lipinski definition) is 1. The molecule has 3 rings (SSSR count). The number of benzene rings is 2. The van der Waals surface area contributed by atoms with Gasteiger partial charge in [-0.05, 0) is 18.6 Å². The molecular formula is C17H17F2NO. The van der Waals surface area contributed by atoms with Gasteiger partial charge in [-0.15, -0.1) is 0 Å². The Kier molecular flexibility index (Phi) is 3.64. The molecule has 2 N–H and O–H groups in total. The van der Waals surface area contributed by atoms with Gasteiger partial charge in [0.1, 0.15) is 11.9 Å². The summed E-state index contributed by atoms with van der Waals surface area (Å²) >= 11 is 0. The van der Waals surface area contributed by atoms with Crippen LogP contribution in [0.25, 0.3) is 0 Å². The van der Waals surface area contributed by atoms with Crippen LogP contribution in [-0.4, -0.2) is 0 Å². The minimum Gasteiger partial charge on any atom is -0.485 e. The van der Waals surface area contributed by atoms with Crippen molar-refractivity contribution in [2.24, 2.45) is 5.73 Å². The minimum absolute atomic E-state index is 0.0230. The van der Waals surface area contributed by atoms with Crippen LogP contribution in [0.3, 0.4) is 0 Å². The SMILES string of the molecule is Cc1ccc2c(c1)[C@@H](N)CC(c1ccc(C(F)F)cc1)O2. The Hall–Kier alpha value is -1.94. The molecule has 2 aromatic carbocycles. The Labute approximate surface area is 122 Å². The standard InChI is InChI=1S/C17H17F2NO/c1-10-2-7-15-13(8-10)14(20)9-16(21-15)11-3-5-12(6-4-11)17(18)19/h2-8,14,16-17H,9,20H2,1H3/t14-,16?/m0/s1. The van der Waals surface area contributed by atoms with E-state index in [9.17, 15) is 8.78 Å². The second-order valence-electron chi connectivity index (χ2n) is 5.46. The van der Waals surface area contributed by atoms with Crippen molar-refractivity contribution in [1.82, 2.24) is 0 Å². The van der Waals surface area contributed by atoms with Gasteiger partial charge in [-0.3, -0.25) is 0 Å². The van der Waals surface area contributed by atoms with Gasteiger partial charge in [-0.2, -0.15) is 0 Å². The number of fused-ring (bicyclic) bond motifs is 1. The first-order valence-corrected chi connectivity index (χ1v) is 6.95. The zero-order chi connectivity index (χ0) is 15.0. The molecule has 110 valence electrons. The Morgan fingerprint density at radius 2 is 1.86 bits per heavy atom. The van der Waals surface area contributed by atoms with E-state index in [-0.39, 0.29) is 17.7 Å². The third-order valence-electron chi connectivity index (χ3n) is 3.86. The monoisotopic (exact) mass is 289 g/mol. The highest BCUT2D eigenvalue weighted by Crippen LogP contribution is 2.40. The van der Waals surface area contributed by atoms with Crippen LogP contribution in [0.4, 0.5) is 8.78 Å². The summed E-state index contributed by atoms with van der Waals surface area (Å²) in [7, 11) is 0. The molecule has 0 aliphatic carbocycles. The summed E-state index contributed by atoms with van der Waals surface area (Å²) in [5, 5.41) is 0. The highest BCUT2D eigenvalue weighted by atomic mass is 19.3. The second-order valence-corrected chi connectivity index (χ2v) is 5.46. The fraction of sp³-hybridized carbons (Fsp3) is 0.294. The van der Waals surface area contributed by atoms with Crippen LogP contribution in [0.5, 0.6) is 5.75 Å². The molecule has 0 aromatic heterocycles. The zero-order valence-corrected chi connectivity index (χ0v) is 11.7. The largest absolute Gasteiger partial charge is 0.485 e. The van der Waals surface area contributed by atoms with E-state index in [1.165, 1.54) is 12.1 Å². The molecule has 2 nitrogen and oxygen atoms in total. The minimum atomic E-state index is -2.45. The lowest BCUT2D eigenvalue weighted by molar-refractivity contribution is 0.150. The number of ether oxygens (including phenoxy) is 1. The molecule has 0 saturated carbocycles. The van der Waals surface area contributed by atoms with Gasteiger partial charge >= 0.3 is 0 Å². The van der Waals surface area contributed by atoms with Crippen molar-refractivity contribution < 1.29 is 13.5 Å². The highest BCUT2D eigenvalue weighted by molar-refractivity contribution is 5.41. The van der Waals surface area contributed by atoms with E-state index in [0.29, 0.717) is 6.42 Å². The van der Waals surface area contributed by atoms with Crippen molar-refractivity contribution in [3.63, 3.8) is 0 Å². The lowest BCUT2D eigenvalue weighted by Crippen LogP contribution is -2.24. The van der Waals surface area contributed by atoms with Crippen LogP contribution in [0, 0.1) is 6.92 Å². The molecule has 0 bridgehead atoms. The molecule has 1 heterocycles. The van der Waals surface area contributed by atoms with E-state index in [0.717, 1.165) is 22.4 Å². The molecule has 21 heavy (non-hydrogen) atoms. The summed E-state index contributed by atoms with van der Waals surface area (Å²) in [6.45, 7) is 2.02. The number of halogens is 2. The van der Waals surface area contributed by atoms with Crippen LogP contribution >= 0.6 is 0 Å². The van der Waals surface area contributed by atoms with Crippen molar-refractivity contribution >= 4 is 0 Å². The highest BCUT2D eigenvalue weighted by Gasteiger charge is 2.27. The van der Waals surface area contributed by atoms with E-state index in [1.54, 1.807) is 12.1 Å². The molecular weight excluding hydrogens is 272 g/mol. The van der Waals surface area contributed by atoms with Gasteiger partial charge in [0, 0.05) is 23.6 Å². The molecule has 0 radical (unpaired) electrons. The predicted molar refractivity (Wildman–Crippen MR) is 77.5 cm³/mol. The van der Waals surface area contributed by atoms with Gasteiger partial charge < -0.3 is 10.5 Å². The van der Waals surface area contributed by atoms with Gasteiger partial charge in [0.15, 0.2) is 0 Å². The van der Waals surface area contributed by atoms with Gasteiger partial charge in [-0.25, -0.2) is 8.78 Å². The van der Waals surface area contributed by atoms with Crippen LogP contribution in [0.2, 0.25) is 0 Å². The molecule has 1 unspecified atom stereocenters. The smallest absolute Gasteiger partial charge is 0.263 e. The lowest BCUT2D eigenvalue weighted by Gasteiger charge is -2.31. The summed E-state index contributed by atoms with van der Waals surface area (Å²) in [5.41, 5.74) is 9.28. The van der Waals surface area contributed by atoms with E-state index >= 15 is 0 Å². The molecule has 0 spiro atoms. The maximum absolute atomic E-state index is 12.6. The van der Waals surface area contributed by atoms with E-state index in [1.807, 2.05) is 25.1 Å². The summed E-state index contributed by atoms with van der Waals surface area (Å²) in [6, 6.07) is 12.1. The predicted octanol–water partition coefficient (Wildman–Crippen LogP) is 4.46. The number of nitrogens with two attached hydrogens (primary N) is 1. The maximum atomic E-state index is 12.6. The first-order chi connectivity index (χ1) is 10.0. The number of alkyl halides is 2. The summed E-state index contributed by atoms with van der Waals surface area (Å²) in [4.78, 5) is 0. The summed E-state index contributed by atoms with van der Waals surface area (Å²) in [6.07, 6.45) is -2.00. The Morgan fingerprint density at radius 1 is 1.14 bits per heavy atom. The Morgan fingerprint density at radius 3 is 2.52 bits per heavy atom. The van der Waals surface area contributed by atoms with Crippen LogP contribution in [0.1, 0.15) is 47.2 Å². The lowest BCUT2D eigenvalue weighted by atomic mass is 9.92. The number of rotatable bonds is 2. The summed E-state index contributed by atoms with van der Waals surface area (Å²) < 4.78 is 31.1. The third-order valence-corrected chi connectivity index (χ3v) is 3.86. The van der Waals surface area contributed by atoms with Gasteiger partial charge in [0.2, 0.25) is 0 Å². The molecule has 4 heteroatoms. The first-order valence-electron chi connectivity index (χ1n) is 6.95. The zero-order valence-electron chi connectivity index (χ0n) is 11.7. The Bertz CT molecular complexity index is 640. The normalized spacial score (nSPS) is 21.0. The van der Waals surface area contributed by atoms with Crippen molar-refractivity contribution in [3.8, 4) is 5.75 Å². The molecule has 0 saturated heterocycles. The van der Waals surface area contributed by atoms with Crippen LogP contribution < -0.4 is 10.5 Å². The van der Waals surface area contributed by atoms with Crippen LogP contribution in [-0.2, 0) is 0 Å². The molecule has 1 aliphatic rings. The van der Waals surface area contributed by atoms with Gasteiger partial charge in [0.25, 0.3) is 6.43 Å². The van der Waals surface area contributed by atoms with Crippen molar-refractivity contribution in [2.75, 3.05) is 0 Å². The molecule has 2 aromatic rings. The summed E-state index contributed by atoms with van der Waals surface area (Å²) in [5.74, 6) is 0.780. The fourth-order valence-electron chi connectivity index (χ4n) is 2.68. The maximum Gasteiger partial charge on any atom is 0.263 e. The van der Waals surface area contributed by atoms with E-state index in [2.05, 4.69) is 0 Å². The molecule has 1 aliphatic heterocycles. The average Bonchev–Trinajstić information content (AvgIpc) is 2.48. The Balaban J connectivity index is 1.86. The quantitative estimate of drug-likeness (QED) is 0.886. The second kappa shape index (κ2) is 5.45. The number of hydrogen-bond acceptors (Lipinski definition) is 2. The van der Waals surface area contributed by atoms with E-state index in [4.69, 9.17) is 10.5 Å². The topological polar surface area (TPSA) is 35.2 Å². The number of aryl methyl sites for hydroxylation is 1. The fourth-order valence-corrected chi connectivity index (χ4v) is 2.68. The van der Waals surface area contributed by atoms with Gasteiger partial charge in [-0.1, -0.05) is 42.0 Å². The molecule has 2 atom stereocenters. The van der Waals surface area contributed by atoms with Crippen molar-refractivity contribution in [2.45, 2.75) is 31.9 Å². The van der Waals surface area contributed by atoms with Crippen LogP contribution in [0.15, 0.2) is 42.5 Å². The van der Waals surface area contributed by atoms with E-state index < -0.39 is 6.43 Å². The van der Waals surface area contributed by atoms with Gasteiger partial charge in [0.05, 0.1) is 0 Å². The van der Waals surface area contributed by atoms with Crippen molar-refractivity contribution in [1.29, 1.82) is 0 Å². The van der Waals surface area contributed by atoms with Crippen molar-refractivity contribution in [3.05, 3.63) is 64.7 Å². The average molecular weight is 289 g/mol. The molecule has 0 amide bonds. The third kappa shape index (κ3) is 2.76. The first kappa shape index (κ1) is 14.0.